The normalized spacial score (nSPS) is 23.6. The Bertz CT molecular complexity index is 463. The van der Waals surface area contributed by atoms with Crippen LogP contribution in [0.25, 0.3) is 0 Å². The number of hydrogen-bond acceptors (Lipinski definition) is 4. The lowest BCUT2D eigenvalue weighted by molar-refractivity contribution is 0.0297. The lowest BCUT2D eigenvalue weighted by Crippen LogP contribution is -2.22. The molecule has 1 aromatic rings. The van der Waals surface area contributed by atoms with Gasteiger partial charge in [-0.2, -0.15) is 0 Å². The third kappa shape index (κ3) is 2.80. The summed E-state index contributed by atoms with van der Waals surface area (Å²) in [5.41, 5.74) is 0.772. The maximum absolute atomic E-state index is 10.7. The molecule has 0 aromatic heterocycles. The number of aliphatic hydroxyl groups is 1. The molecule has 1 fully saturated rings. The molecule has 112 valence electrons. The van der Waals surface area contributed by atoms with E-state index in [1.165, 1.54) is 0 Å². The van der Waals surface area contributed by atoms with Crippen LogP contribution in [-0.4, -0.2) is 32.0 Å². The third-order valence-electron chi connectivity index (χ3n) is 3.90. The van der Waals surface area contributed by atoms with Crippen LogP contribution >= 0.6 is 15.9 Å². The van der Waals surface area contributed by atoms with Crippen LogP contribution in [-0.2, 0) is 4.74 Å². The highest BCUT2D eigenvalue weighted by Crippen LogP contribution is 2.44. The Balaban J connectivity index is 2.34. The zero-order valence-corrected chi connectivity index (χ0v) is 13.6. The van der Waals surface area contributed by atoms with E-state index in [-0.39, 0.29) is 12.0 Å². The summed E-state index contributed by atoms with van der Waals surface area (Å²) in [6, 6.07) is 3.69. The Kier molecular flexibility index (Phi) is 5.29. The molecule has 1 N–H and O–H groups in total. The van der Waals surface area contributed by atoms with Gasteiger partial charge in [-0.3, -0.25) is 0 Å². The number of rotatable bonds is 5. The predicted octanol–water partition coefficient (Wildman–Crippen LogP) is 3.31. The van der Waals surface area contributed by atoms with E-state index in [2.05, 4.69) is 22.9 Å². The van der Waals surface area contributed by atoms with Gasteiger partial charge in [0.25, 0.3) is 0 Å². The van der Waals surface area contributed by atoms with Crippen LogP contribution in [0.5, 0.6) is 11.5 Å². The zero-order valence-electron chi connectivity index (χ0n) is 12.1. The standard InChI is InChI=1S/C15H21BrO4/c1-4-11-9(7-8-20-11)14(17)10-5-6-12(18-2)13(16)15(10)19-3/h5-6,9,11,14,17H,4,7-8H2,1-3H3. The Hall–Kier alpha value is -0.780. The smallest absolute Gasteiger partial charge is 0.142 e. The van der Waals surface area contributed by atoms with Crippen LogP contribution in [0.4, 0.5) is 0 Å². The fourth-order valence-electron chi connectivity index (χ4n) is 2.83. The van der Waals surface area contributed by atoms with Crippen molar-refractivity contribution in [3.63, 3.8) is 0 Å². The van der Waals surface area contributed by atoms with Crippen LogP contribution < -0.4 is 9.47 Å². The minimum absolute atomic E-state index is 0.106. The monoisotopic (exact) mass is 344 g/mol. The van der Waals surface area contributed by atoms with Crippen LogP contribution in [0.2, 0.25) is 0 Å². The quantitative estimate of drug-likeness (QED) is 0.890. The first kappa shape index (κ1) is 15.6. The molecule has 1 aliphatic rings. The third-order valence-corrected chi connectivity index (χ3v) is 4.65. The molecule has 4 nitrogen and oxygen atoms in total. The number of aliphatic hydroxyl groups excluding tert-OH is 1. The number of hydrogen-bond donors (Lipinski definition) is 1. The van der Waals surface area contributed by atoms with E-state index in [0.717, 1.165) is 22.9 Å². The molecule has 0 bridgehead atoms. The van der Waals surface area contributed by atoms with E-state index in [4.69, 9.17) is 14.2 Å². The van der Waals surface area contributed by atoms with Crippen LogP contribution in [0.3, 0.4) is 0 Å². The minimum atomic E-state index is -0.598. The number of methoxy groups -OCH3 is 2. The average Bonchev–Trinajstić information content (AvgIpc) is 2.94. The molecule has 20 heavy (non-hydrogen) atoms. The lowest BCUT2D eigenvalue weighted by atomic mass is 9.88. The van der Waals surface area contributed by atoms with Gasteiger partial charge in [0.15, 0.2) is 0 Å². The summed E-state index contributed by atoms with van der Waals surface area (Å²) in [7, 11) is 3.20. The highest BCUT2D eigenvalue weighted by atomic mass is 79.9. The summed E-state index contributed by atoms with van der Waals surface area (Å²) in [4.78, 5) is 0. The maximum Gasteiger partial charge on any atom is 0.142 e. The Labute approximate surface area is 128 Å². The molecule has 0 aliphatic carbocycles. The van der Waals surface area contributed by atoms with E-state index < -0.39 is 6.10 Å². The number of benzene rings is 1. The van der Waals surface area contributed by atoms with Gasteiger partial charge in [0.05, 0.1) is 26.4 Å². The van der Waals surface area contributed by atoms with Crippen molar-refractivity contribution in [3.05, 3.63) is 22.2 Å². The van der Waals surface area contributed by atoms with E-state index in [1.54, 1.807) is 14.2 Å². The molecule has 5 heteroatoms. The molecule has 3 atom stereocenters. The fraction of sp³-hybridized carbons (Fsp3) is 0.600. The maximum atomic E-state index is 10.7. The summed E-state index contributed by atoms with van der Waals surface area (Å²) in [6.45, 7) is 2.79. The molecular formula is C15H21BrO4. The Morgan fingerprint density at radius 1 is 1.40 bits per heavy atom. The van der Waals surface area contributed by atoms with Gasteiger partial charge in [-0.05, 0) is 40.9 Å². The second kappa shape index (κ2) is 6.78. The van der Waals surface area contributed by atoms with E-state index >= 15 is 0 Å². The molecule has 0 saturated carbocycles. The van der Waals surface area contributed by atoms with E-state index in [9.17, 15) is 5.11 Å². The van der Waals surface area contributed by atoms with Crippen LogP contribution in [0.1, 0.15) is 31.4 Å². The summed E-state index contributed by atoms with van der Waals surface area (Å²) >= 11 is 3.47. The van der Waals surface area contributed by atoms with Crippen molar-refractivity contribution in [2.45, 2.75) is 32.0 Å². The average molecular weight is 345 g/mol. The van der Waals surface area contributed by atoms with Crippen molar-refractivity contribution in [1.29, 1.82) is 0 Å². The van der Waals surface area contributed by atoms with Gasteiger partial charge >= 0.3 is 0 Å². The predicted molar refractivity (Wildman–Crippen MR) is 80.3 cm³/mol. The second-order valence-electron chi connectivity index (χ2n) is 4.92. The molecule has 1 aromatic carbocycles. The van der Waals surface area contributed by atoms with Gasteiger partial charge in [0, 0.05) is 18.1 Å². The van der Waals surface area contributed by atoms with Gasteiger partial charge in [-0.1, -0.05) is 6.92 Å². The van der Waals surface area contributed by atoms with Gasteiger partial charge in [-0.15, -0.1) is 0 Å². The van der Waals surface area contributed by atoms with Crippen molar-refractivity contribution < 1.29 is 19.3 Å². The topological polar surface area (TPSA) is 47.9 Å². The first-order valence-corrected chi connectivity index (χ1v) is 7.63. The van der Waals surface area contributed by atoms with Crippen molar-refractivity contribution in [3.8, 4) is 11.5 Å². The molecule has 1 heterocycles. The van der Waals surface area contributed by atoms with Gasteiger partial charge in [-0.25, -0.2) is 0 Å². The van der Waals surface area contributed by atoms with Crippen molar-refractivity contribution in [2.75, 3.05) is 20.8 Å². The molecule has 1 aliphatic heterocycles. The van der Waals surface area contributed by atoms with Gasteiger partial charge in [0.2, 0.25) is 0 Å². The molecular weight excluding hydrogens is 324 g/mol. The summed E-state index contributed by atoms with van der Waals surface area (Å²) in [6.07, 6.45) is 1.28. The van der Waals surface area contributed by atoms with Gasteiger partial charge < -0.3 is 19.3 Å². The molecule has 2 rings (SSSR count). The first-order valence-electron chi connectivity index (χ1n) is 6.84. The van der Waals surface area contributed by atoms with Crippen molar-refractivity contribution in [1.82, 2.24) is 0 Å². The first-order chi connectivity index (χ1) is 9.63. The largest absolute Gasteiger partial charge is 0.495 e. The van der Waals surface area contributed by atoms with E-state index in [0.29, 0.717) is 18.1 Å². The van der Waals surface area contributed by atoms with Crippen molar-refractivity contribution >= 4 is 15.9 Å². The van der Waals surface area contributed by atoms with Crippen LogP contribution in [0, 0.1) is 5.92 Å². The Morgan fingerprint density at radius 3 is 2.75 bits per heavy atom. The highest BCUT2D eigenvalue weighted by molar-refractivity contribution is 9.10. The molecule has 1 saturated heterocycles. The SMILES string of the molecule is CCC1OCCC1C(O)c1ccc(OC)c(Br)c1OC. The van der Waals surface area contributed by atoms with Gasteiger partial charge in [0.1, 0.15) is 16.0 Å². The Morgan fingerprint density at radius 2 is 2.15 bits per heavy atom. The van der Waals surface area contributed by atoms with Crippen LogP contribution in [0.15, 0.2) is 16.6 Å². The number of halogens is 1. The fourth-order valence-corrected chi connectivity index (χ4v) is 3.51. The molecule has 0 amide bonds. The summed E-state index contributed by atoms with van der Waals surface area (Å²) < 4.78 is 17.1. The molecule has 3 unspecified atom stereocenters. The summed E-state index contributed by atoms with van der Waals surface area (Å²) in [5.74, 6) is 1.42. The highest BCUT2D eigenvalue weighted by Gasteiger charge is 2.35. The molecule has 0 spiro atoms. The zero-order chi connectivity index (χ0) is 14.7. The second-order valence-corrected chi connectivity index (χ2v) is 5.71. The minimum Gasteiger partial charge on any atom is -0.495 e. The lowest BCUT2D eigenvalue weighted by Gasteiger charge is -2.25. The summed E-state index contributed by atoms with van der Waals surface area (Å²) in [5, 5.41) is 10.7. The number of ether oxygens (including phenoxy) is 3. The van der Waals surface area contributed by atoms with E-state index in [1.807, 2.05) is 12.1 Å². The molecule has 0 radical (unpaired) electrons. The van der Waals surface area contributed by atoms with Crippen molar-refractivity contribution in [2.24, 2.45) is 5.92 Å².